The summed E-state index contributed by atoms with van der Waals surface area (Å²) in [6.07, 6.45) is 13.9. The number of aromatic nitrogens is 5. The smallest absolute Gasteiger partial charge is 0.304 e. The standard InChI is InChI=1S/C19H24N6O2/c1-3-16(4-2-15(1)24-7-5-20-14-24)27-19-22-18(23-9-11-26-12-10-23)13-17-21-6-8-25(17)19/h5-8,13-16H,1-4,9-12H2/t15-,16+. The quantitative estimate of drug-likeness (QED) is 0.704. The molecule has 142 valence electrons. The van der Waals surface area contributed by atoms with Crippen LogP contribution < -0.4 is 9.64 Å². The maximum Gasteiger partial charge on any atom is 0.304 e. The SMILES string of the molecule is c1cn([C@H]2CC[C@@H](Oc3nc(N4CCOCC4)cc4nccn34)CC2)cn1. The lowest BCUT2D eigenvalue weighted by Crippen LogP contribution is -2.37. The Bertz CT molecular complexity index is 879. The van der Waals surface area contributed by atoms with Gasteiger partial charge in [0.05, 0.1) is 19.5 Å². The molecule has 1 saturated heterocycles. The van der Waals surface area contributed by atoms with Gasteiger partial charge < -0.3 is 18.9 Å². The summed E-state index contributed by atoms with van der Waals surface area (Å²) in [5.41, 5.74) is 0.869. The first-order valence-corrected chi connectivity index (χ1v) is 9.68. The highest BCUT2D eigenvalue weighted by Crippen LogP contribution is 2.31. The van der Waals surface area contributed by atoms with Crippen molar-refractivity contribution < 1.29 is 9.47 Å². The summed E-state index contributed by atoms with van der Waals surface area (Å²) < 4.78 is 16.0. The van der Waals surface area contributed by atoms with Crippen molar-refractivity contribution in [2.75, 3.05) is 31.2 Å². The van der Waals surface area contributed by atoms with Crippen molar-refractivity contribution in [3.8, 4) is 6.01 Å². The molecule has 2 fully saturated rings. The van der Waals surface area contributed by atoms with Crippen molar-refractivity contribution in [1.82, 2.24) is 23.9 Å². The predicted molar refractivity (Wildman–Crippen MR) is 100 cm³/mol. The van der Waals surface area contributed by atoms with Crippen molar-refractivity contribution in [2.24, 2.45) is 0 Å². The van der Waals surface area contributed by atoms with Crippen molar-refractivity contribution in [3.05, 3.63) is 37.2 Å². The number of rotatable bonds is 4. The maximum absolute atomic E-state index is 6.35. The summed E-state index contributed by atoms with van der Waals surface area (Å²) in [6, 6.07) is 3.18. The third-order valence-corrected chi connectivity index (χ3v) is 5.54. The highest BCUT2D eigenvalue weighted by atomic mass is 16.5. The fraction of sp³-hybridized carbons (Fsp3) is 0.526. The molecule has 0 aromatic carbocycles. The van der Waals surface area contributed by atoms with Gasteiger partial charge in [-0.2, -0.15) is 4.98 Å². The summed E-state index contributed by atoms with van der Waals surface area (Å²) in [6.45, 7) is 3.16. The first kappa shape index (κ1) is 16.6. The van der Waals surface area contributed by atoms with E-state index in [1.54, 1.807) is 6.20 Å². The molecule has 0 spiro atoms. The van der Waals surface area contributed by atoms with E-state index in [4.69, 9.17) is 14.5 Å². The van der Waals surface area contributed by atoms with E-state index in [0.717, 1.165) is 63.5 Å². The van der Waals surface area contributed by atoms with Crippen molar-refractivity contribution >= 4 is 11.5 Å². The van der Waals surface area contributed by atoms with Crippen LogP contribution in [0.4, 0.5) is 5.82 Å². The maximum atomic E-state index is 6.35. The van der Waals surface area contributed by atoms with E-state index in [9.17, 15) is 0 Å². The second-order valence-electron chi connectivity index (χ2n) is 7.21. The Morgan fingerprint density at radius 1 is 1.04 bits per heavy atom. The molecule has 0 atom stereocenters. The van der Waals surface area contributed by atoms with E-state index in [0.29, 0.717) is 12.1 Å². The fourth-order valence-corrected chi connectivity index (χ4v) is 4.02. The molecule has 4 heterocycles. The molecule has 2 aliphatic rings. The van der Waals surface area contributed by atoms with Crippen LogP contribution in [0.15, 0.2) is 37.2 Å². The minimum atomic E-state index is 0.183. The summed E-state index contributed by atoms with van der Waals surface area (Å²) in [5.74, 6) is 0.916. The highest BCUT2D eigenvalue weighted by Gasteiger charge is 2.25. The minimum Gasteiger partial charge on any atom is -0.461 e. The molecule has 8 heteroatoms. The van der Waals surface area contributed by atoms with E-state index in [1.807, 2.05) is 35.4 Å². The molecule has 0 unspecified atom stereocenters. The van der Waals surface area contributed by atoms with Gasteiger partial charge in [0.2, 0.25) is 0 Å². The van der Waals surface area contributed by atoms with Crippen LogP contribution in [0, 0.1) is 0 Å². The lowest BCUT2D eigenvalue weighted by molar-refractivity contribution is 0.117. The van der Waals surface area contributed by atoms with E-state index in [1.165, 1.54) is 0 Å². The first-order valence-electron chi connectivity index (χ1n) is 9.68. The Kier molecular flexibility index (Phi) is 4.41. The number of imidazole rings is 2. The Balaban J connectivity index is 1.33. The third kappa shape index (κ3) is 3.37. The molecule has 5 rings (SSSR count). The van der Waals surface area contributed by atoms with Gasteiger partial charge in [0.25, 0.3) is 0 Å². The van der Waals surface area contributed by atoms with E-state index < -0.39 is 0 Å². The van der Waals surface area contributed by atoms with Gasteiger partial charge in [-0.05, 0) is 25.7 Å². The molecule has 3 aromatic rings. The zero-order chi connectivity index (χ0) is 18.1. The molecule has 0 amide bonds. The zero-order valence-electron chi connectivity index (χ0n) is 15.3. The van der Waals surface area contributed by atoms with Crippen LogP contribution in [0.5, 0.6) is 6.01 Å². The van der Waals surface area contributed by atoms with Gasteiger partial charge >= 0.3 is 6.01 Å². The van der Waals surface area contributed by atoms with Crippen LogP contribution in [0.1, 0.15) is 31.7 Å². The molecule has 0 radical (unpaired) electrons. The topological polar surface area (TPSA) is 69.7 Å². The summed E-state index contributed by atoms with van der Waals surface area (Å²) in [7, 11) is 0. The third-order valence-electron chi connectivity index (χ3n) is 5.54. The van der Waals surface area contributed by atoms with Crippen molar-refractivity contribution in [1.29, 1.82) is 0 Å². The predicted octanol–water partition coefficient (Wildman–Crippen LogP) is 2.33. The average molecular weight is 368 g/mol. The van der Waals surface area contributed by atoms with E-state index in [2.05, 4.69) is 19.4 Å². The van der Waals surface area contributed by atoms with E-state index >= 15 is 0 Å². The largest absolute Gasteiger partial charge is 0.461 e. The van der Waals surface area contributed by atoms with Gasteiger partial charge in [0, 0.05) is 50.0 Å². The number of ether oxygens (including phenoxy) is 2. The molecule has 27 heavy (non-hydrogen) atoms. The van der Waals surface area contributed by atoms with Crippen LogP contribution >= 0.6 is 0 Å². The molecule has 0 bridgehead atoms. The lowest BCUT2D eigenvalue weighted by Gasteiger charge is -2.30. The van der Waals surface area contributed by atoms with Crippen LogP contribution in [0.25, 0.3) is 5.65 Å². The fourth-order valence-electron chi connectivity index (χ4n) is 4.02. The number of hydrogen-bond acceptors (Lipinski definition) is 6. The van der Waals surface area contributed by atoms with Crippen molar-refractivity contribution in [2.45, 2.75) is 37.8 Å². The Labute approximate surface area is 157 Å². The van der Waals surface area contributed by atoms with Gasteiger partial charge in [0.1, 0.15) is 17.6 Å². The number of morpholine rings is 1. The Morgan fingerprint density at radius 3 is 2.67 bits per heavy atom. The lowest BCUT2D eigenvalue weighted by atomic mass is 9.93. The molecular weight excluding hydrogens is 344 g/mol. The molecule has 1 aliphatic carbocycles. The second kappa shape index (κ2) is 7.19. The summed E-state index contributed by atoms with van der Waals surface area (Å²) in [5, 5.41) is 0. The zero-order valence-corrected chi connectivity index (χ0v) is 15.3. The van der Waals surface area contributed by atoms with Crippen molar-refractivity contribution in [3.63, 3.8) is 0 Å². The number of hydrogen-bond donors (Lipinski definition) is 0. The monoisotopic (exact) mass is 368 g/mol. The van der Waals surface area contributed by atoms with Crippen LogP contribution in [-0.4, -0.2) is 56.3 Å². The molecule has 3 aromatic heterocycles. The normalized spacial score (nSPS) is 23.6. The average Bonchev–Trinajstić information content (AvgIpc) is 3.41. The molecule has 1 saturated carbocycles. The minimum absolute atomic E-state index is 0.183. The van der Waals surface area contributed by atoms with Gasteiger partial charge in [-0.15, -0.1) is 0 Å². The van der Waals surface area contributed by atoms with Gasteiger partial charge in [-0.3, -0.25) is 4.40 Å². The number of anilines is 1. The van der Waals surface area contributed by atoms with Gasteiger partial charge in [-0.25, -0.2) is 9.97 Å². The molecule has 0 N–H and O–H groups in total. The molecule has 1 aliphatic heterocycles. The molecular formula is C19H24N6O2. The Hall–Kier alpha value is -2.61. The Morgan fingerprint density at radius 2 is 1.89 bits per heavy atom. The number of nitrogens with zero attached hydrogens (tertiary/aromatic N) is 6. The second-order valence-corrected chi connectivity index (χ2v) is 7.21. The van der Waals surface area contributed by atoms with Gasteiger partial charge in [0.15, 0.2) is 0 Å². The van der Waals surface area contributed by atoms with Gasteiger partial charge in [-0.1, -0.05) is 0 Å². The van der Waals surface area contributed by atoms with E-state index in [-0.39, 0.29) is 6.10 Å². The van der Waals surface area contributed by atoms with Crippen LogP contribution in [0.3, 0.4) is 0 Å². The first-order chi connectivity index (χ1) is 13.4. The summed E-state index contributed by atoms with van der Waals surface area (Å²) in [4.78, 5) is 15.7. The number of fused-ring (bicyclic) bond motifs is 1. The van der Waals surface area contributed by atoms with Crippen LogP contribution in [-0.2, 0) is 4.74 Å². The molecule has 8 nitrogen and oxygen atoms in total. The highest BCUT2D eigenvalue weighted by molar-refractivity contribution is 5.53. The van der Waals surface area contributed by atoms with Crippen LogP contribution in [0.2, 0.25) is 0 Å². The summed E-state index contributed by atoms with van der Waals surface area (Å²) >= 11 is 0.